The van der Waals surface area contributed by atoms with Gasteiger partial charge in [0.2, 0.25) is 10.0 Å². The number of carbonyl (C=O) groups is 1. The molecule has 1 saturated heterocycles. The van der Waals surface area contributed by atoms with Gasteiger partial charge in [0.05, 0.1) is 0 Å². The lowest BCUT2D eigenvalue weighted by atomic mass is 10.3. The number of hydrogen-bond donors (Lipinski definition) is 2. The number of nitrogens with one attached hydrogen (secondary N) is 1. The highest BCUT2D eigenvalue weighted by Crippen LogP contribution is 2.11. The number of carboxylic acid groups (broad SMARTS) is 1. The van der Waals surface area contributed by atoms with Crippen LogP contribution in [-0.4, -0.2) is 54.7 Å². The zero-order valence-corrected chi connectivity index (χ0v) is 9.62. The molecule has 0 aromatic carbocycles. The molecule has 0 amide bonds. The Morgan fingerprint density at radius 3 is 2.67 bits per heavy atom. The molecule has 1 heterocycles. The summed E-state index contributed by atoms with van der Waals surface area (Å²) in [5.74, 6) is -1.30. The van der Waals surface area contributed by atoms with Crippen molar-refractivity contribution in [2.45, 2.75) is 25.1 Å². The molecule has 6 nitrogen and oxygen atoms in total. The van der Waals surface area contributed by atoms with Crippen LogP contribution in [0.25, 0.3) is 0 Å². The van der Waals surface area contributed by atoms with Gasteiger partial charge in [0.25, 0.3) is 0 Å². The third-order valence-electron chi connectivity index (χ3n) is 2.49. The van der Waals surface area contributed by atoms with Gasteiger partial charge in [-0.1, -0.05) is 0 Å². The van der Waals surface area contributed by atoms with Gasteiger partial charge >= 0.3 is 5.97 Å². The molecule has 0 saturated carbocycles. The van der Waals surface area contributed by atoms with Gasteiger partial charge < -0.3 is 10.4 Å². The SMILES string of the molecule is CC1CN(S(=O)(=O)C(C)C(=O)O)CCN1. The van der Waals surface area contributed by atoms with E-state index >= 15 is 0 Å². The summed E-state index contributed by atoms with van der Waals surface area (Å²) >= 11 is 0. The van der Waals surface area contributed by atoms with Crippen molar-refractivity contribution in [1.82, 2.24) is 9.62 Å². The lowest BCUT2D eigenvalue weighted by Gasteiger charge is -2.32. The molecule has 0 aliphatic carbocycles. The minimum atomic E-state index is -3.70. The first-order valence-electron chi connectivity index (χ1n) is 4.81. The van der Waals surface area contributed by atoms with Crippen molar-refractivity contribution in [3.63, 3.8) is 0 Å². The lowest BCUT2D eigenvalue weighted by Crippen LogP contribution is -2.54. The molecule has 1 fully saturated rings. The van der Waals surface area contributed by atoms with E-state index in [1.54, 1.807) is 0 Å². The predicted octanol–water partition coefficient (Wildman–Crippen LogP) is -0.917. The summed E-state index contributed by atoms with van der Waals surface area (Å²) in [6.45, 7) is 4.30. The van der Waals surface area contributed by atoms with Crippen LogP contribution in [0.5, 0.6) is 0 Å². The first kappa shape index (κ1) is 12.4. The summed E-state index contributed by atoms with van der Waals surface area (Å²) in [6, 6.07) is 0.0644. The molecule has 1 aliphatic rings. The average Bonchev–Trinajstić information content (AvgIpc) is 2.16. The van der Waals surface area contributed by atoms with Crippen molar-refractivity contribution in [2.24, 2.45) is 0 Å². The van der Waals surface area contributed by atoms with E-state index in [1.807, 2.05) is 6.92 Å². The molecule has 1 rings (SSSR count). The average molecular weight is 236 g/mol. The summed E-state index contributed by atoms with van der Waals surface area (Å²) in [5.41, 5.74) is 0. The second-order valence-electron chi connectivity index (χ2n) is 3.74. The van der Waals surface area contributed by atoms with Crippen molar-refractivity contribution in [2.75, 3.05) is 19.6 Å². The van der Waals surface area contributed by atoms with Gasteiger partial charge in [-0.05, 0) is 13.8 Å². The molecule has 2 N–H and O–H groups in total. The molecule has 2 atom stereocenters. The fourth-order valence-electron chi connectivity index (χ4n) is 1.48. The Labute approximate surface area is 89.3 Å². The van der Waals surface area contributed by atoms with E-state index in [0.29, 0.717) is 19.6 Å². The van der Waals surface area contributed by atoms with Crippen LogP contribution in [0, 0.1) is 0 Å². The van der Waals surface area contributed by atoms with E-state index in [9.17, 15) is 13.2 Å². The van der Waals surface area contributed by atoms with E-state index in [1.165, 1.54) is 11.2 Å². The number of aliphatic carboxylic acids is 1. The normalized spacial score (nSPS) is 26.1. The largest absolute Gasteiger partial charge is 0.480 e. The Balaban J connectivity index is 2.81. The van der Waals surface area contributed by atoms with Crippen LogP contribution >= 0.6 is 0 Å². The van der Waals surface area contributed by atoms with Crippen LogP contribution in [0.1, 0.15) is 13.8 Å². The second-order valence-corrected chi connectivity index (χ2v) is 5.99. The minimum absolute atomic E-state index is 0.0644. The summed E-state index contributed by atoms with van der Waals surface area (Å²) < 4.78 is 24.8. The molecular weight excluding hydrogens is 220 g/mol. The van der Waals surface area contributed by atoms with Gasteiger partial charge in [0, 0.05) is 25.7 Å². The van der Waals surface area contributed by atoms with Gasteiger partial charge in [-0.25, -0.2) is 8.42 Å². The third kappa shape index (κ3) is 2.67. The van der Waals surface area contributed by atoms with E-state index < -0.39 is 21.2 Å². The zero-order valence-electron chi connectivity index (χ0n) is 8.80. The Morgan fingerprint density at radius 2 is 2.20 bits per heavy atom. The maximum absolute atomic E-state index is 11.8. The van der Waals surface area contributed by atoms with Crippen molar-refractivity contribution in [3.05, 3.63) is 0 Å². The van der Waals surface area contributed by atoms with Gasteiger partial charge in [-0.3, -0.25) is 4.79 Å². The molecule has 0 aromatic rings. The number of sulfonamides is 1. The first-order valence-corrected chi connectivity index (χ1v) is 6.31. The number of rotatable bonds is 3. The molecule has 88 valence electrons. The fourth-order valence-corrected chi connectivity index (χ4v) is 2.96. The van der Waals surface area contributed by atoms with Crippen LogP contribution in [0.15, 0.2) is 0 Å². The van der Waals surface area contributed by atoms with E-state index in [2.05, 4.69) is 5.32 Å². The molecule has 15 heavy (non-hydrogen) atoms. The quantitative estimate of drug-likeness (QED) is 0.662. The molecule has 2 unspecified atom stereocenters. The Bertz CT molecular complexity index is 341. The highest BCUT2D eigenvalue weighted by atomic mass is 32.2. The highest BCUT2D eigenvalue weighted by Gasteiger charge is 2.35. The van der Waals surface area contributed by atoms with E-state index in [0.717, 1.165) is 0 Å². The standard InChI is InChI=1S/C8H16N2O4S/c1-6-5-10(4-3-9-6)15(13,14)7(2)8(11)12/h6-7,9H,3-5H2,1-2H3,(H,11,12). The number of piperazine rings is 1. The monoisotopic (exact) mass is 236 g/mol. The molecule has 0 radical (unpaired) electrons. The van der Waals surface area contributed by atoms with Crippen molar-refractivity contribution in [3.8, 4) is 0 Å². The minimum Gasteiger partial charge on any atom is -0.480 e. The Kier molecular flexibility index (Phi) is 3.69. The zero-order chi connectivity index (χ0) is 11.6. The maximum atomic E-state index is 11.8. The smallest absolute Gasteiger partial charge is 0.323 e. The summed E-state index contributed by atoms with van der Waals surface area (Å²) in [5, 5.41) is 10.4. The fraction of sp³-hybridized carbons (Fsp3) is 0.875. The maximum Gasteiger partial charge on any atom is 0.323 e. The molecule has 1 aliphatic heterocycles. The molecule has 7 heteroatoms. The molecule has 0 spiro atoms. The Morgan fingerprint density at radius 1 is 1.60 bits per heavy atom. The summed E-state index contributed by atoms with van der Waals surface area (Å²) in [6.07, 6.45) is 0. The van der Waals surface area contributed by atoms with Crippen LogP contribution < -0.4 is 5.32 Å². The van der Waals surface area contributed by atoms with E-state index in [4.69, 9.17) is 5.11 Å². The molecule has 0 aromatic heterocycles. The first-order chi connectivity index (χ1) is 6.85. The Hall–Kier alpha value is -0.660. The van der Waals surface area contributed by atoms with Gasteiger partial charge in [-0.15, -0.1) is 0 Å². The number of hydrogen-bond acceptors (Lipinski definition) is 4. The van der Waals surface area contributed by atoms with Gasteiger partial charge in [0.1, 0.15) is 0 Å². The van der Waals surface area contributed by atoms with Crippen LogP contribution in [0.2, 0.25) is 0 Å². The van der Waals surface area contributed by atoms with E-state index in [-0.39, 0.29) is 6.04 Å². The molecular formula is C8H16N2O4S. The second kappa shape index (κ2) is 4.46. The van der Waals surface area contributed by atoms with Crippen LogP contribution in [0.3, 0.4) is 0 Å². The third-order valence-corrected chi connectivity index (χ3v) is 4.63. The predicted molar refractivity (Wildman–Crippen MR) is 55.1 cm³/mol. The molecule has 0 bridgehead atoms. The van der Waals surface area contributed by atoms with Crippen molar-refractivity contribution >= 4 is 16.0 Å². The number of carboxylic acids is 1. The van der Waals surface area contributed by atoms with Gasteiger partial charge in [-0.2, -0.15) is 4.31 Å². The van der Waals surface area contributed by atoms with Crippen LogP contribution in [0.4, 0.5) is 0 Å². The van der Waals surface area contributed by atoms with Crippen molar-refractivity contribution in [1.29, 1.82) is 0 Å². The van der Waals surface area contributed by atoms with Crippen LogP contribution in [-0.2, 0) is 14.8 Å². The number of nitrogens with zero attached hydrogens (tertiary/aromatic N) is 1. The lowest BCUT2D eigenvalue weighted by molar-refractivity contribution is -0.136. The highest BCUT2D eigenvalue weighted by molar-refractivity contribution is 7.90. The van der Waals surface area contributed by atoms with Crippen molar-refractivity contribution < 1.29 is 18.3 Å². The summed E-state index contributed by atoms with van der Waals surface area (Å²) in [4.78, 5) is 10.6. The summed E-state index contributed by atoms with van der Waals surface area (Å²) in [7, 11) is -3.70. The topological polar surface area (TPSA) is 86.7 Å². The van der Waals surface area contributed by atoms with Gasteiger partial charge in [0.15, 0.2) is 5.25 Å².